The first-order valence-electron chi connectivity index (χ1n) is 6.21. The van der Waals surface area contributed by atoms with Crippen LogP contribution in [0.3, 0.4) is 0 Å². The van der Waals surface area contributed by atoms with E-state index < -0.39 is 11.6 Å². The molecule has 0 spiro atoms. The lowest BCUT2D eigenvalue weighted by Crippen LogP contribution is -2.29. The van der Waals surface area contributed by atoms with Crippen LogP contribution in [-0.2, 0) is 0 Å². The number of hydrogen-bond acceptors (Lipinski definition) is 2. The van der Waals surface area contributed by atoms with Crippen LogP contribution in [0.2, 0.25) is 0 Å². The highest BCUT2D eigenvalue weighted by Gasteiger charge is 2.20. The van der Waals surface area contributed by atoms with Crippen molar-refractivity contribution in [3.05, 3.63) is 29.6 Å². The normalized spacial score (nSPS) is 17.5. The van der Waals surface area contributed by atoms with Gasteiger partial charge in [-0.15, -0.1) is 0 Å². The molecule has 0 amide bonds. The molecule has 0 aliphatic carbocycles. The minimum absolute atomic E-state index is 0.320. The van der Waals surface area contributed by atoms with Crippen molar-refractivity contribution in [2.75, 3.05) is 13.1 Å². The fourth-order valence-electron chi connectivity index (χ4n) is 2.74. The van der Waals surface area contributed by atoms with E-state index in [1.165, 1.54) is 12.1 Å². The molecule has 2 aromatic rings. The largest absolute Gasteiger partial charge is 0.325 e. The second-order valence-electron chi connectivity index (χ2n) is 4.77. The minimum Gasteiger partial charge on any atom is -0.325 e. The Bertz CT molecular complexity index is 585. The molecule has 0 bridgehead atoms. The first-order chi connectivity index (χ1) is 8.66. The van der Waals surface area contributed by atoms with Gasteiger partial charge in [0.1, 0.15) is 5.82 Å². The van der Waals surface area contributed by atoms with Crippen molar-refractivity contribution in [1.29, 1.82) is 0 Å². The van der Waals surface area contributed by atoms with Gasteiger partial charge in [0.15, 0.2) is 11.6 Å². The van der Waals surface area contributed by atoms with Gasteiger partial charge in [-0.3, -0.25) is 0 Å². The second-order valence-corrected chi connectivity index (χ2v) is 4.77. The van der Waals surface area contributed by atoms with E-state index in [2.05, 4.69) is 10.3 Å². The Balaban J connectivity index is 2.15. The van der Waals surface area contributed by atoms with Crippen LogP contribution >= 0.6 is 0 Å². The van der Waals surface area contributed by atoms with E-state index in [1.807, 2.05) is 11.5 Å². The van der Waals surface area contributed by atoms with Gasteiger partial charge in [0.05, 0.1) is 11.0 Å². The topological polar surface area (TPSA) is 29.9 Å². The zero-order chi connectivity index (χ0) is 12.7. The van der Waals surface area contributed by atoms with E-state index in [4.69, 9.17) is 0 Å². The molecule has 1 fully saturated rings. The third kappa shape index (κ3) is 1.79. The Morgan fingerprint density at radius 2 is 1.89 bits per heavy atom. The van der Waals surface area contributed by atoms with Crippen LogP contribution < -0.4 is 5.32 Å². The predicted octanol–water partition coefficient (Wildman–Crippen LogP) is 2.55. The van der Waals surface area contributed by atoms with Crippen LogP contribution in [0.5, 0.6) is 0 Å². The smallest absolute Gasteiger partial charge is 0.161 e. The van der Waals surface area contributed by atoms with Crippen molar-refractivity contribution in [3.8, 4) is 0 Å². The first-order valence-corrected chi connectivity index (χ1v) is 6.21. The number of benzene rings is 1. The summed E-state index contributed by atoms with van der Waals surface area (Å²) in [6.07, 6.45) is 1.98. The summed E-state index contributed by atoms with van der Waals surface area (Å²) >= 11 is 0. The summed E-state index contributed by atoms with van der Waals surface area (Å²) < 4.78 is 28.6. The monoisotopic (exact) mass is 251 g/mol. The Labute approximate surface area is 104 Å². The molecule has 18 heavy (non-hydrogen) atoms. The van der Waals surface area contributed by atoms with Gasteiger partial charge in [-0.1, -0.05) is 0 Å². The fraction of sp³-hybridized carbons (Fsp3) is 0.462. The summed E-state index contributed by atoms with van der Waals surface area (Å²) in [5.41, 5.74) is 1.23. The highest BCUT2D eigenvalue weighted by molar-refractivity contribution is 5.76. The predicted molar refractivity (Wildman–Crippen MR) is 65.5 cm³/mol. The van der Waals surface area contributed by atoms with Gasteiger partial charge in [0.25, 0.3) is 0 Å². The highest BCUT2D eigenvalue weighted by atomic mass is 19.2. The van der Waals surface area contributed by atoms with E-state index >= 15 is 0 Å². The van der Waals surface area contributed by atoms with E-state index in [1.54, 1.807) is 0 Å². The van der Waals surface area contributed by atoms with Crippen molar-refractivity contribution in [2.45, 2.75) is 25.8 Å². The lowest BCUT2D eigenvalue weighted by molar-refractivity contribution is 0.369. The molecule has 0 atom stereocenters. The average Bonchev–Trinajstić information content (AvgIpc) is 2.66. The number of halogens is 2. The molecule has 1 aliphatic rings. The number of hydrogen-bond donors (Lipinski definition) is 1. The summed E-state index contributed by atoms with van der Waals surface area (Å²) in [6, 6.07) is 2.75. The number of imidazole rings is 1. The van der Waals surface area contributed by atoms with Gasteiger partial charge < -0.3 is 9.88 Å². The van der Waals surface area contributed by atoms with Gasteiger partial charge in [0.2, 0.25) is 0 Å². The SMILES string of the molecule is Cc1nc2cc(F)c(F)cc2n1C1CCNCC1. The first kappa shape index (κ1) is 11.6. The van der Waals surface area contributed by atoms with Crippen molar-refractivity contribution in [2.24, 2.45) is 0 Å². The van der Waals surface area contributed by atoms with Gasteiger partial charge in [-0.25, -0.2) is 13.8 Å². The van der Waals surface area contributed by atoms with Crippen LogP contribution in [0.1, 0.15) is 24.7 Å². The van der Waals surface area contributed by atoms with Gasteiger partial charge in [-0.2, -0.15) is 0 Å². The summed E-state index contributed by atoms with van der Waals surface area (Å²) in [7, 11) is 0. The number of nitrogens with zero attached hydrogens (tertiary/aromatic N) is 2. The molecule has 1 aromatic carbocycles. The molecule has 0 radical (unpaired) electrons. The van der Waals surface area contributed by atoms with Gasteiger partial charge in [-0.05, 0) is 32.9 Å². The van der Waals surface area contributed by atoms with Crippen LogP contribution in [-0.4, -0.2) is 22.6 Å². The molecule has 1 saturated heterocycles. The number of rotatable bonds is 1. The third-order valence-corrected chi connectivity index (χ3v) is 3.58. The van der Waals surface area contributed by atoms with Crippen molar-refractivity contribution >= 4 is 11.0 Å². The molecule has 5 heteroatoms. The summed E-state index contributed by atoms with van der Waals surface area (Å²) in [6.45, 7) is 3.79. The maximum Gasteiger partial charge on any atom is 0.161 e. The number of fused-ring (bicyclic) bond motifs is 1. The quantitative estimate of drug-likeness (QED) is 0.844. The number of nitrogens with one attached hydrogen (secondary N) is 1. The molecule has 0 unspecified atom stereocenters. The van der Waals surface area contributed by atoms with Crippen molar-refractivity contribution < 1.29 is 8.78 Å². The molecule has 1 aliphatic heterocycles. The molecule has 96 valence electrons. The van der Waals surface area contributed by atoms with E-state index in [9.17, 15) is 8.78 Å². The lowest BCUT2D eigenvalue weighted by atomic mass is 10.1. The zero-order valence-corrected chi connectivity index (χ0v) is 10.2. The fourth-order valence-corrected chi connectivity index (χ4v) is 2.74. The standard InChI is InChI=1S/C13H15F2N3/c1-8-17-12-6-10(14)11(15)7-13(12)18(8)9-2-4-16-5-3-9/h6-7,9,16H,2-5H2,1H3. The van der Waals surface area contributed by atoms with E-state index in [0.717, 1.165) is 31.8 Å². The molecule has 3 rings (SSSR count). The second kappa shape index (κ2) is 4.31. The van der Waals surface area contributed by atoms with E-state index in [-0.39, 0.29) is 0 Å². The number of aromatic nitrogens is 2. The summed E-state index contributed by atoms with van der Waals surface area (Å²) in [5, 5.41) is 3.30. The molecule has 1 N–H and O–H groups in total. The Hall–Kier alpha value is -1.49. The molecule has 1 aromatic heterocycles. The van der Waals surface area contributed by atoms with Gasteiger partial charge >= 0.3 is 0 Å². The van der Waals surface area contributed by atoms with Crippen LogP contribution in [0, 0.1) is 18.6 Å². The number of piperidine rings is 1. The van der Waals surface area contributed by atoms with Crippen LogP contribution in [0.25, 0.3) is 11.0 Å². The minimum atomic E-state index is -0.836. The maximum atomic E-state index is 13.4. The molecular weight excluding hydrogens is 236 g/mol. The molecule has 3 nitrogen and oxygen atoms in total. The van der Waals surface area contributed by atoms with Crippen LogP contribution in [0.15, 0.2) is 12.1 Å². The Kier molecular flexibility index (Phi) is 2.78. The Morgan fingerprint density at radius 3 is 2.61 bits per heavy atom. The van der Waals surface area contributed by atoms with E-state index in [0.29, 0.717) is 17.1 Å². The van der Waals surface area contributed by atoms with Crippen molar-refractivity contribution in [3.63, 3.8) is 0 Å². The highest BCUT2D eigenvalue weighted by Crippen LogP contribution is 2.27. The number of aryl methyl sites for hydroxylation is 1. The summed E-state index contributed by atoms with van der Waals surface area (Å²) in [4.78, 5) is 4.33. The Morgan fingerprint density at radius 1 is 1.22 bits per heavy atom. The molecule has 0 saturated carbocycles. The average molecular weight is 251 g/mol. The zero-order valence-electron chi connectivity index (χ0n) is 10.2. The third-order valence-electron chi connectivity index (χ3n) is 3.58. The lowest BCUT2D eigenvalue weighted by Gasteiger charge is -2.25. The van der Waals surface area contributed by atoms with Gasteiger partial charge in [0, 0.05) is 18.2 Å². The van der Waals surface area contributed by atoms with Crippen LogP contribution in [0.4, 0.5) is 8.78 Å². The molecular formula is C13H15F2N3. The van der Waals surface area contributed by atoms with Crippen molar-refractivity contribution in [1.82, 2.24) is 14.9 Å². The maximum absolute atomic E-state index is 13.4. The summed E-state index contributed by atoms with van der Waals surface area (Å²) in [5.74, 6) is -0.822. The molecule has 2 heterocycles.